The lowest BCUT2D eigenvalue weighted by molar-refractivity contribution is -0.140. The Hall–Kier alpha value is -1.83. The number of aliphatic imine (C=N–C) groups is 1. The van der Waals surface area contributed by atoms with E-state index in [1.807, 2.05) is 13.8 Å². The molecule has 0 N–H and O–H groups in total. The Morgan fingerprint density at radius 2 is 1.96 bits per heavy atom. The lowest BCUT2D eigenvalue weighted by atomic mass is 9.90. The summed E-state index contributed by atoms with van der Waals surface area (Å²) < 4.78 is 48.3. The van der Waals surface area contributed by atoms with Crippen LogP contribution in [0.2, 0.25) is 5.02 Å². The number of nitrogens with zero attached hydrogens (tertiary/aromatic N) is 2. The van der Waals surface area contributed by atoms with Crippen molar-refractivity contribution in [1.29, 1.82) is 0 Å². The van der Waals surface area contributed by atoms with E-state index in [9.17, 15) is 18.0 Å². The second-order valence-corrected chi connectivity index (χ2v) is 6.32. The van der Waals surface area contributed by atoms with Crippen LogP contribution in [-0.4, -0.2) is 28.5 Å². The summed E-state index contributed by atoms with van der Waals surface area (Å²) >= 11 is 5.79. The van der Waals surface area contributed by atoms with Crippen LogP contribution in [0.15, 0.2) is 17.3 Å². The van der Waals surface area contributed by atoms with Crippen LogP contribution < -0.4 is 4.74 Å². The number of pyridine rings is 1. The largest absolute Gasteiger partial charge is 0.464 e. The summed E-state index contributed by atoms with van der Waals surface area (Å²) in [5, 5.41) is -0.298. The summed E-state index contributed by atoms with van der Waals surface area (Å²) in [5.74, 6) is -0.764. The van der Waals surface area contributed by atoms with Gasteiger partial charge in [0.2, 0.25) is 11.8 Å². The van der Waals surface area contributed by atoms with Crippen molar-refractivity contribution in [3.63, 3.8) is 0 Å². The number of ether oxygens (including phenoxy) is 2. The number of carbonyl (C=O) groups excluding carboxylic acids is 1. The van der Waals surface area contributed by atoms with Gasteiger partial charge in [-0.15, -0.1) is 0 Å². The zero-order valence-corrected chi connectivity index (χ0v) is 14.2. The molecule has 2 rings (SSSR count). The van der Waals surface area contributed by atoms with Crippen LogP contribution in [0, 0.1) is 5.92 Å². The molecule has 0 bridgehead atoms. The van der Waals surface area contributed by atoms with Crippen LogP contribution in [0.5, 0.6) is 5.88 Å². The number of aromatic nitrogens is 1. The van der Waals surface area contributed by atoms with E-state index in [-0.39, 0.29) is 22.7 Å². The van der Waals surface area contributed by atoms with Gasteiger partial charge in [0.15, 0.2) is 11.6 Å². The van der Waals surface area contributed by atoms with Crippen molar-refractivity contribution in [2.45, 2.75) is 45.5 Å². The first-order valence-corrected chi connectivity index (χ1v) is 7.54. The van der Waals surface area contributed by atoms with Gasteiger partial charge in [0.25, 0.3) is 0 Å². The third-order valence-electron chi connectivity index (χ3n) is 3.85. The number of rotatable bonds is 4. The summed E-state index contributed by atoms with van der Waals surface area (Å²) in [7, 11) is 0. The predicted octanol–water partition coefficient (Wildman–Crippen LogP) is 3.89. The van der Waals surface area contributed by atoms with Crippen molar-refractivity contribution in [1.82, 2.24) is 4.98 Å². The van der Waals surface area contributed by atoms with E-state index < -0.39 is 29.4 Å². The number of carbonyl (C=O) groups is 1. The molecule has 2 unspecified atom stereocenters. The van der Waals surface area contributed by atoms with Gasteiger partial charge in [-0.05, 0) is 25.8 Å². The Kier molecular flexibility index (Phi) is 4.81. The Labute approximate surface area is 141 Å². The normalized spacial score (nSPS) is 22.4. The molecule has 24 heavy (non-hydrogen) atoms. The molecule has 0 saturated heterocycles. The molecule has 0 radical (unpaired) electrons. The Bertz CT molecular complexity index is 691. The van der Waals surface area contributed by atoms with Crippen molar-refractivity contribution >= 4 is 23.5 Å². The highest BCUT2D eigenvalue weighted by Crippen LogP contribution is 2.34. The summed E-state index contributed by atoms with van der Waals surface area (Å²) in [4.78, 5) is 19.8. The summed E-state index contributed by atoms with van der Waals surface area (Å²) in [6.07, 6.45) is -4.77. The van der Waals surface area contributed by atoms with Crippen LogP contribution in [0.3, 0.4) is 0 Å². The van der Waals surface area contributed by atoms with Crippen molar-refractivity contribution < 1.29 is 27.4 Å². The third-order valence-corrected chi connectivity index (χ3v) is 4.12. The summed E-state index contributed by atoms with van der Waals surface area (Å²) in [6, 6.07) is 0.720. The predicted molar refractivity (Wildman–Crippen MR) is 81.1 cm³/mol. The zero-order valence-electron chi connectivity index (χ0n) is 13.4. The van der Waals surface area contributed by atoms with Crippen molar-refractivity contribution in [3.05, 3.63) is 22.8 Å². The number of halogens is 4. The van der Waals surface area contributed by atoms with Crippen LogP contribution in [0.1, 0.15) is 33.3 Å². The first-order chi connectivity index (χ1) is 10.9. The molecular formula is C15H16ClF3N2O3. The molecular weight excluding hydrogens is 349 g/mol. The van der Waals surface area contributed by atoms with Gasteiger partial charge in [-0.2, -0.15) is 13.2 Å². The first kappa shape index (κ1) is 18.5. The van der Waals surface area contributed by atoms with Gasteiger partial charge in [0, 0.05) is 6.20 Å². The number of hydrogen-bond acceptors (Lipinski definition) is 5. The minimum atomic E-state index is -4.55. The molecule has 0 aliphatic carbocycles. The maximum absolute atomic E-state index is 12.6. The van der Waals surface area contributed by atoms with E-state index in [0.717, 1.165) is 6.07 Å². The minimum Gasteiger partial charge on any atom is -0.464 e. The second kappa shape index (κ2) is 6.23. The quantitative estimate of drug-likeness (QED) is 0.760. The Balaban J connectivity index is 2.19. The molecule has 1 aromatic rings. The van der Waals surface area contributed by atoms with E-state index in [2.05, 4.69) is 9.98 Å². The van der Waals surface area contributed by atoms with E-state index in [1.54, 1.807) is 6.92 Å². The van der Waals surface area contributed by atoms with E-state index in [4.69, 9.17) is 21.1 Å². The molecule has 1 aliphatic rings. The smallest absolute Gasteiger partial charge is 0.417 e. The van der Waals surface area contributed by atoms with E-state index in [1.165, 1.54) is 6.92 Å². The molecule has 2 heterocycles. The summed E-state index contributed by atoms with van der Waals surface area (Å²) in [5.41, 5.74) is -2.01. The van der Waals surface area contributed by atoms with Gasteiger partial charge in [-0.25, -0.2) is 14.8 Å². The average molecular weight is 365 g/mol. The monoisotopic (exact) mass is 364 g/mol. The lowest BCUT2D eigenvalue weighted by Crippen LogP contribution is -2.35. The zero-order chi connectivity index (χ0) is 18.3. The van der Waals surface area contributed by atoms with Gasteiger partial charge in [-0.1, -0.05) is 25.4 Å². The van der Waals surface area contributed by atoms with Crippen LogP contribution in [-0.2, 0) is 15.7 Å². The summed E-state index contributed by atoms with van der Waals surface area (Å²) in [6.45, 7) is 6.83. The van der Waals surface area contributed by atoms with Crippen molar-refractivity contribution in [3.8, 4) is 5.88 Å². The fourth-order valence-corrected chi connectivity index (χ4v) is 2.13. The highest BCUT2D eigenvalue weighted by molar-refractivity contribution is 6.31. The van der Waals surface area contributed by atoms with Gasteiger partial charge in [-0.3, -0.25) is 0 Å². The number of cyclic esters (lactones) is 1. The van der Waals surface area contributed by atoms with Gasteiger partial charge in [0.1, 0.15) is 5.02 Å². The van der Waals surface area contributed by atoms with Gasteiger partial charge >= 0.3 is 12.1 Å². The maximum Gasteiger partial charge on any atom is 0.417 e. The number of alkyl halides is 3. The molecule has 0 amide bonds. The fourth-order valence-electron chi connectivity index (χ4n) is 1.92. The van der Waals surface area contributed by atoms with Crippen molar-refractivity contribution in [2.24, 2.45) is 10.9 Å². The Morgan fingerprint density at radius 1 is 1.33 bits per heavy atom. The standard InChI is InChI=1S/C15H16ClF3N2O3/c1-7(2)14(4)13(22)24-11(21-14)8(3)23-12-10(16)5-9(6-20-12)15(17,18)19/h5-8H,1-4H3. The highest BCUT2D eigenvalue weighted by atomic mass is 35.5. The molecule has 0 aromatic carbocycles. The SMILES string of the molecule is CC(Oc1ncc(C(F)(F)F)cc1Cl)C1=NC(C)(C(C)C)C(=O)O1. The second-order valence-electron chi connectivity index (χ2n) is 5.91. The molecule has 132 valence electrons. The molecule has 2 atom stereocenters. The van der Waals surface area contributed by atoms with E-state index >= 15 is 0 Å². The molecule has 1 aliphatic heterocycles. The third kappa shape index (κ3) is 3.48. The molecule has 0 spiro atoms. The van der Waals surface area contributed by atoms with Gasteiger partial charge in [0.05, 0.1) is 5.56 Å². The molecule has 9 heteroatoms. The van der Waals surface area contributed by atoms with E-state index in [0.29, 0.717) is 6.20 Å². The molecule has 5 nitrogen and oxygen atoms in total. The van der Waals surface area contributed by atoms with Gasteiger partial charge < -0.3 is 9.47 Å². The fraction of sp³-hybridized carbons (Fsp3) is 0.533. The van der Waals surface area contributed by atoms with Crippen LogP contribution in [0.4, 0.5) is 13.2 Å². The molecule has 0 saturated carbocycles. The lowest BCUT2D eigenvalue weighted by Gasteiger charge is -2.19. The Morgan fingerprint density at radius 3 is 2.42 bits per heavy atom. The molecule has 1 aromatic heterocycles. The number of hydrogen-bond donors (Lipinski definition) is 0. The van der Waals surface area contributed by atoms with Crippen LogP contribution in [0.25, 0.3) is 0 Å². The highest BCUT2D eigenvalue weighted by Gasteiger charge is 2.45. The minimum absolute atomic E-state index is 0.0361. The first-order valence-electron chi connectivity index (χ1n) is 7.16. The number of esters is 1. The maximum atomic E-state index is 12.6. The van der Waals surface area contributed by atoms with Crippen molar-refractivity contribution in [2.75, 3.05) is 0 Å². The topological polar surface area (TPSA) is 60.8 Å². The molecule has 0 fully saturated rings. The average Bonchev–Trinajstić information content (AvgIpc) is 2.77. The van der Waals surface area contributed by atoms with Crippen LogP contribution >= 0.6 is 11.6 Å².